The van der Waals surface area contributed by atoms with Crippen molar-refractivity contribution >= 4 is 21.6 Å². The minimum atomic E-state index is -0.428. The lowest BCUT2D eigenvalue weighted by molar-refractivity contribution is 0.478. The molecule has 2 aromatic carbocycles. The van der Waals surface area contributed by atoms with Gasteiger partial charge in [-0.05, 0) is 40.2 Å². The molecule has 90 valence electrons. The van der Waals surface area contributed by atoms with Crippen molar-refractivity contribution in [3.05, 3.63) is 52.3 Å². The first-order chi connectivity index (χ1) is 8.60. The molecule has 5 heteroatoms. The Labute approximate surface area is 112 Å². The molecule has 18 heavy (non-hydrogen) atoms. The summed E-state index contributed by atoms with van der Waals surface area (Å²) < 4.78 is 19.1. The Morgan fingerprint density at radius 2 is 2.00 bits per heavy atom. The number of anilines is 1. The van der Waals surface area contributed by atoms with E-state index in [0.29, 0.717) is 27.2 Å². The topological polar surface area (TPSA) is 59.0 Å². The molecule has 0 radical (unpaired) electrons. The fourth-order valence-corrected chi connectivity index (χ4v) is 1.61. The van der Waals surface area contributed by atoms with Crippen LogP contribution in [0.3, 0.4) is 0 Å². The van der Waals surface area contributed by atoms with Crippen molar-refractivity contribution in [1.29, 1.82) is 5.26 Å². The number of nitrogens with zero attached hydrogens (tertiary/aromatic N) is 1. The Morgan fingerprint density at radius 3 is 2.67 bits per heavy atom. The van der Waals surface area contributed by atoms with E-state index in [1.807, 2.05) is 6.07 Å². The third kappa shape index (κ3) is 2.60. The molecule has 0 aliphatic heterocycles. The summed E-state index contributed by atoms with van der Waals surface area (Å²) in [5.74, 6) is 0.218. The Kier molecular flexibility index (Phi) is 3.49. The van der Waals surface area contributed by atoms with Crippen LogP contribution in [0.1, 0.15) is 5.56 Å². The van der Waals surface area contributed by atoms with Crippen LogP contribution in [0.4, 0.5) is 10.1 Å². The molecule has 0 bridgehead atoms. The van der Waals surface area contributed by atoms with Crippen LogP contribution in [0.2, 0.25) is 0 Å². The summed E-state index contributed by atoms with van der Waals surface area (Å²) >= 11 is 3.05. The molecular weight excluding hydrogens is 299 g/mol. The summed E-state index contributed by atoms with van der Waals surface area (Å²) in [5, 5.41) is 8.79. The number of halogens is 2. The summed E-state index contributed by atoms with van der Waals surface area (Å²) in [7, 11) is 0. The normalized spacial score (nSPS) is 9.83. The van der Waals surface area contributed by atoms with Crippen molar-refractivity contribution in [3.63, 3.8) is 0 Å². The van der Waals surface area contributed by atoms with E-state index in [0.717, 1.165) is 0 Å². The van der Waals surface area contributed by atoms with E-state index >= 15 is 0 Å². The Morgan fingerprint density at radius 1 is 1.22 bits per heavy atom. The standard InChI is InChI=1S/C13H8BrFN2O/c14-10-3-2-9(6-11(10)15)18-13-5-8(7-16)1-4-12(13)17/h1-6H,17H2. The van der Waals surface area contributed by atoms with Gasteiger partial charge in [-0.3, -0.25) is 0 Å². The number of hydrogen-bond acceptors (Lipinski definition) is 3. The average Bonchev–Trinajstić information content (AvgIpc) is 2.36. The number of hydrogen-bond donors (Lipinski definition) is 1. The minimum absolute atomic E-state index is 0.317. The van der Waals surface area contributed by atoms with E-state index in [4.69, 9.17) is 15.7 Å². The predicted molar refractivity (Wildman–Crippen MR) is 69.7 cm³/mol. The van der Waals surface area contributed by atoms with Crippen LogP contribution in [-0.2, 0) is 0 Å². The summed E-state index contributed by atoms with van der Waals surface area (Å²) in [5.41, 5.74) is 6.54. The van der Waals surface area contributed by atoms with Gasteiger partial charge >= 0.3 is 0 Å². The van der Waals surface area contributed by atoms with E-state index in [9.17, 15) is 4.39 Å². The third-order valence-electron chi connectivity index (χ3n) is 2.26. The van der Waals surface area contributed by atoms with Gasteiger partial charge in [0.25, 0.3) is 0 Å². The van der Waals surface area contributed by atoms with E-state index in [1.54, 1.807) is 18.2 Å². The molecule has 0 fully saturated rings. The van der Waals surface area contributed by atoms with Gasteiger partial charge < -0.3 is 10.5 Å². The lowest BCUT2D eigenvalue weighted by Crippen LogP contribution is -1.93. The van der Waals surface area contributed by atoms with Crippen LogP contribution in [0.5, 0.6) is 11.5 Å². The second kappa shape index (κ2) is 5.07. The van der Waals surface area contributed by atoms with Crippen LogP contribution in [0.15, 0.2) is 40.9 Å². The highest BCUT2D eigenvalue weighted by molar-refractivity contribution is 9.10. The molecule has 0 saturated heterocycles. The second-order valence-electron chi connectivity index (χ2n) is 3.54. The molecule has 2 N–H and O–H groups in total. The molecule has 0 spiro atoms. The predicted octanol–water partition coefficient (Wildman–Crippen LogP) is 3.83. The second-order valence-corrected chi connectivity index (χ2v) is 4.40. The number of nitriles is 1. The Bertz CT molecular complexity index is 637. The molecule has 0 saturated carbocycles. The molecule has 2 aromatic rings. The smallest absolute Gasteiger partial charge is 0.151 e. The van der Waals surface area contributed by atoms with Crippen LogP contribution in [-0.4, -0.2) is 0 Å². The number of nitrogens with two attached hydrogens (primary N) is 1. The summed E-state index contributed by atoms with van der Waals surface area (Å²) in [4.78, 5) is 0. The van der Waals surface area contributed by atoms with Crippen LogP contribution >= 0.6 is 15.9 Å². The maximum Gasteiger partial charge on any atom is 0.151 e. The molecular formula is C13H8BrFN2O. The minimum Gasteiger partial charge on any atom is -0.455 e. The molecule has 0 aliphatic carbocycles. The van der Waals surface area contributed by atoms with E-state index < -0.39 is 5.82 Å². The Balaban J connectivity index is 2.33. The number of rotatable bonds is 2. The lowest BCUT2D eigenvalue weighted by atomic mass is 10.2. The summed E-state index contributed by atoms with van der Waals surface area (Å²) in [6.45, 7) is 0. The van der Waals surface area contributed by atoms with Crippen molar-refractivity contribution in [2.24, 2.45) is 0 Å². The van der Waals surface area contributed by atoms with Gasteiger partial charge in [0.1, 0.15) is 11.6 Å². The molecule has 0 aliphatic rings. The fourth-order valence-electron chi connectivity index (χ4n) is 1.36. The molecule has 0 aromatic heterocycles. The fraction of sp³-hybridized carbons (Fsp3) is 0. The monoisotopic (exact) mass is 306 g/mol. The molecule has 0 atom stereocenters. The number of ether oxygens (including phenoxy) is 1. The molecule has 3 nitrogen and oxygen atoms in total. The van der Waals surface area contributed by atoms with Crippen LogP contribution < -0.4 is 10.5 Å². The number of benzene rings is 2. The first kappa shape index (κ1) is 12.4. The van der Waals surface area contributed by atoms with Gasteiger partial charge in [0.2, 0.25) is 0 Å². The first-order valence-electron chi connectivity index (χ1n) is 5.02. The van der Waals surface area contributed by atoms with Gasteiger partial charge in [-0.1, -0.05) is 0 Å². The highest BCUT2D eigenvalue weighted by Gasteiger charge is 2.06. The van der Waals surface area contributed by atoms with Crippen LogP contribution in [0.25, 0.3) is 0 Å². The van der Waals surface area contributed by atoms with Gasteiger partial charge in [-0.2, -0.15) is 5.26 Å². The molecule has 0 unspecified atom stereocenters. The zero-order valence-corrected chi connectivity index (χ0v) is 10.7. The van der Waals surface area contributed by atoms with Crippen molar-refractivity contribution in [2.45, 2.75) is 0 Å². The zero-order valence-electron chi connectivity index (χ0n) is 9.15. The lowest BCUT2D eigenvalue weighted by Gasteiger charge is -2.09. The van der Waals surface area contributed by atoms with Crippen molar-refractivity contribution in [1.82, 2.24) is 0 Å². The maximum absolute atomic E-state index is 13.3. The van der Waals surface area contributed by atoms with Gasteiger partial charge in [0.05, 0.1) is 21.8 Å². The van der Waals surface area contributed by atoms with Gasteiger partial charge in [0.15, 0.2) is 5.75 Å². The quantitative estimate of drug-likeness (QED) is 0.858. The van der Waals surface area contributed by atoms with E-state index in [1.165, 1.54) is 18.2 Å². The summed E-state index contributed by atoms with van der Waals surface area (Å²) in [6.07, 6.45) is 0. The highest BCUT2D eigenvalue weighted by atomic mass is 79.9. The van der Waals surface area contributed by atoms with E-state index in [2.05, 4.69) is 15.9 Å². The van der Waals surface area contributed by atoms with Gasteiger partial charge in [0, 0.05) is 12.1 Å². The molecule has 0 heterocycles. The largest absolute Gasteiger partial charge is 0.455 e. The highest BCUT2D eigenvalue weighted by Crippen LogP contribution is 2.30. The van der Waals surface area contributed by atoms with Crippen molar-refractivity contribution in [3.8, 4) is 17.6 Å². The Hall–Kier alpha value is -2.06. The number of nitrogen functional groups attached to an aromatic ring is 1. The SMILES string of the molecule is N#Cc1ccc(N)c(Oc2ccc(Br)c(F)c2)c1. The van der Waals surface area contributed by atoms with Crippen LogP contribution in [0, 0.1) is 17.1 Å². The van der Waals surface area contributed by atoms with Gasteiger partial charge in [-0.15, -0.1) is 0 Å². The van der Waals surface area contributed by atoms with Crippen molar-refractivity contribution < 1.29 is 9.13 Å². The third-order valence-corrected chi connectivity index (χ3v) is 2.90. The first-order valence-corrected chi connectivity index (χ1v) is 5.82. The maximum atomic E-state index is 13.3. The summed E-state index contributed by atoms with van der Waals surface area (Å²) in [6, 6.07) is 11.0. The van der Waals surface area contributed by atoms with E-state index in [-0.39, 0.29) is 0 Å². The molecule has 2 rings (SSSR count). The molecule has 0 amide bonds. The van der Waals surface area contributed by atoms with Crippen molar-refractivity contribution in [2.75, 3.05) is 5.73 Å². The van der Waals surface area contributed by atoms with Gasteiger partial charge in [-0.25, -0.2) is 4.39 Å². The average molecular weight is 307 g/mol. The zero-order chi connectivity index (χ0) is 13.1.